The maximum absolute atomic E-state index is 11.8. The van der Waals surface area contributed by atoms with Crippen molar-refractivity contribution in [3.05, 3.63) is 29.8 Å². The summed E-state index contributed by atoms with van der Waals surface area (Å²) in [6.07, 6.45) is 0. The molecule has 0 saturated carbocycles. The third kappa shape index (κ3) is 6.12. The second kappa shape index (κ2) is 6.96. The van der Waals surface area contributed by atoms with Crippen LogP contribution in [0.5, 0.6) is 0 Å². The van der Waals surface area contributed by atoms with Gasteiger partial charge < -0.3 is 10.6 Å². The van der Waals surface area contributed by atoms with Gasteiger partial charge in [-0.3, -0.25) is 4.79 Å². The summed E-state index contributed by atoms with van der Waals surface area (Å²) in [7, 11) is 1.95. The van der Waals surface area contributed by atoms with Gasteiger partial charge in [-0.1, -0.05) is 12.1 Å². The first-order chi connectivity index (χ1) is 8.81. The highest BCUT2D eigenvalue weighted by Gasteiger charge is 2.13. The standard InChI is InChI=1S/C15H24N2OS/c1-11(16-5)12-7-6-8-13(9-12)19-10-14(18)17-15(2,3)4/h6-9,11,16H,10H2,1-5H3,(H,17,18). The van der Waals surface area contributed by atoms with E-state index in [2.05, 4.69) is 29.7 Å². The monoisotopic (exact) mass is 280 g/mol. The molecule has 0 aliphatic carbocycles. The Morgan fingerprint density at radius 3 is 2.63 bits per heavy atom. The summed E-state index contributed by atoms with van der Waals surface area (Å²) in [5.74, 6) is 0.527. The minimum Gasteiger partial charge on any atom is -0.351 e. The van der Waals surface area contributed by atoms with E-state index in [9.17, 15) is 4.79 Å². The van der Waals surface area contributed by atoms with Crippen LogP contribution in [-0.2, 0) is 4.79 Å². The van der Waals surface area contributed by atoms with Crippen LogP contribution >= 0.6 is 11.8 Å². The van der Waals surface area contributed by atoms with Gasteiger partial charge in [-0.2, -0.15) is 0 Å². The molecule has 4 heteroatoms. The molecule has 1 atom stereocenters. The van der Waals surface area contributed by atoms with Crippen LogP contribution in [0.3, 0.4) is 0 Å². The zero-order valence-corrected chi connectivity index (χ0v) is 13.2. The zero-order valence-electron chi connectivity index (χ0n) is 12.4. The van der Waals surface area contributed by atoms with E-state index in [0.717, 1.165) is 4.90 Å². The van der Waals surface area contributed by atoms with Gasteiger partial charge in [0.05, 0.1) is 5.75 Å². The quantitative estimate of drug-likeness (QED) is 0.815. The van der Waals surface area contributed by atoms with Crippen molar-refractivity contribution in [2.45, 2.75) is 44.2 Å². The van der Waals surface area contributed by atoms with Gasteiger partial charge in [-0.25, -0.2) is 0 Å². The molecule has 0 bridgehead atoms. The fourth-order valence-corrected chi connectivity index (χ4v) is 2.41. The number of amides is 1. The van der Waals surface area contributed by atoms with Gasteiger partial charge in [0, 0.05) is 16.5 Å². The molecule has 0 heterocycles. The highest BCUT2D eigenvalue weighted by Crippen LogP contribution is 2.22. The SMILES string of the molecule is CNC(C)c1cccc(SCC(=O)NC(C)(C)C)c1. The van der Waals surface area contributed by atoms with E-state index in [1.165, 1.54) is 5.56 Å². The predicted molar refractivity (Wildman–Crippen MR) is 82.5 cm³/mol. The lowest BCUT2D eigenvalue weighted by Gasteiger charge is -2.20. The van der Waals surface area contributed by atoms with E-state index in [1.807, 2.05) is 40.0 Å². The van der Waals surface area contributed by atoms with Crippen molar-refractivity contribution in [1.29, 1.82) is 0 Å². The second-order valence-electron chi connectivity index (χ2n) is 5.67. The number of hydrogen-bond donors (Lipinski definition) is 2. The summed E-state index contributed by atoms with van der Waals surface area (Å²) in [6, 6.07) is 8.63. The van der Waals surface area contributed by atoms with Gasteiger partial charge in [0.15, 0.2) is 0 Å². The Hall–Kier alpha value is -1.00. The fourth-order valence-electron chi connectivity index (χ4n) is 1.64. The van der Waals surface area contributed by atoms with Gasteiger partial charge in [0.2, 0.25) is 5.91 Å². The Labute approximate surface area is 120 Å². The molecular weight excluding hydrogens is 256 g/mol. The van der Waals surface area contributed by atoms with E-state index in [-0.39, 0.29) is 11.4 Å². The average molecular weight is 280 g/mol. The number of hydrogen-bond acceptors (Lipinski definition) is 3. The van der Waals surface area contributed by atoms with Crippen LogP contribution in [0.15, 0.2) is 29.2 Å². The summed E-state index contributed by atoms with van der Waals surface area (Å²) in [5, 5.41) is 6.18. The molecular formula is C15H24N2OS. The molecule has 0 aliphatic heterocycles. The minimum atomic E-state index is -0.167. The Balaban J connectivity index is 2.56. The normalized spacial score (nSPS) is 13.1. The fraction of sp³-hybridized carbons (Fsp3) is 0.533. The van der Waals surface area contributed by atoms with Crippen molar-refractivity contribution in [3.8, 4) is 0 Å². The number of thioether (sulfide) groups is 1. The molecule has 1 rings (SSSR count). The van der Waals surface area contributed by atoms with Crippen molar-refractivity contribution in [2.75, 3.05) is 12.8 Å². The van der Waals surface area contributed by atoms with Crippen LogP contribution in [0.2, 0.25) is 0 Å². The molecule has 1 aromatic rings. The highest BCUT2D eigenvalue weighted by atomic mass is 32.2. The number of benzene rings is 1. The Bertz CT molecular complexity index is 426. The van der Waals surface area contributed by atoms with Crippen LogP contribution < -0.4 is 10.6 Å². The average Bonchev–Trinajstić information content (AvgIpc) is 2.34. The van der Waals surface area contributed by atoms with Crippen LogP contribution in [0, 0.1) is 0 Å². The van der Waals surface area contributed by atoms with E-state index in [0.29, 0.717) is 11.8 Å². The van der Waals surface area contributed by atoms with Crippen LogP contribution in [0.25, 0.3) is 0 Å². The van der Waals surface area contributed by atoms with Crippen molar-refractivity contribution in [3.63, 3.8) is 0 Å². The van der Waals surface area contributed by atoms with Crippen LogP contribution in [-0.4, -0.2) is 24.2 Å². The third-order valence-electron chi connectivity index (χ3n) is 2.68. The molecule has 0 spiro atoms. The zero-order chi connectivity index (χ0) is 14.5. The molecule has 0 radical (unpaired) electrons. The number of carbonyl (C=O) groups excluding carboxylic acids is 1. The van der Waals surface area contributed by atoms with Crippen molar-refractivity contribution in [2.24, 2.45) is 0 Å². The van der Waals surface area contributed by atoms with Crippen LogP contribution in [0.4, 0.5) is 0 Å². The van der Waals surface area contributed by atoms with E-state index < -0.39 is 0 Å². The van der Waals surface area contributed by atoms with Gasteiger partial charge in [-0.05, 0) is 52.4 Å². The Morgan fingerprint density at radius 1 is 1.37 bits per heavy atom. The summed E-state index contributed by atoms with van der Waals surface area (Å²) < 4.78 is 0. The summed E-state index contributed by atoms with van der Waals surface area (Å²) >= 11 is 1.57. The molecule has 0 saturated heterocycles. The molecule has 19 heavy (non-hydrogen) atoms. The molecule has 106 valence electrons. The van der Waals surface area contributed by atoms with Crippen molar-refractivity contribution >= 4 is 17.7 Å². The first-order valence-electron chi connectivity index (χ1n) is 6.53. The Morgan fingerprint density at radius 2 is 2.05 bits per heavy atom. The summed E-state index contributed by atoms with van der Waals surface area (Å²) in [6.45, 7) is 8.09. The Kier molecular flexibility index (Phi) is 5.88. The largest absolute Gasteiger partial charge is 0.351 e. The van der Waals surface area contributed by atoms with Gasteiger partial charge >= 0.3 is 0 Å². The van der Waals surface area contributed by atoms with E-state index in [1.54, 1.807) is 11.8 Å². The number of nitrogens with one attached hydrogen (secondary N) is 2. The van der Waals surface area contributed by atoms with E-state index in [4.69, 9.17) is 0 Å². The van der Waals surface area contributed by atoms with Gasteiger partial charge in [-0.15, -0.1) is 11.8 Å². The lowest BCUT2D eigenvalue weighted by molar-refractivity contribution is -0.119. The topological polar surface area (TPSA) is 41.1 Å². The minimum absolute atomic E-state index is 0.0737. The van der Waals surface area contributed by atoms with E-state index >= 15 is 0 Å². The van der Waals surface area contributed by atoms with Crippen molar-refractivity contribution in [1.82, 2.24) is 10.6 Å². The van der Waals surface area contributed by atoms with Gasteiger partial charge in [0.1, 0.15) is 0 Å². The maximum Gasteiger partial charge on any atom is 0.230 e. The second-order valence-corrected chi connectivity index (χ2v) is 6.72. The lowest BCUT2D eigenvalue weighted by Crippen LogP contribution is -2.41. The molecule has 0 aliphatic rings. The maximum atomic E-state index is 11.8. The lowest BCUT2D eigenvalue weighted by atomic mass is 10.1. The third-order valence-corrected chi connectivity index (χ3v) is 3.67. The van der Waals surface area contributed by atoms with Crippen LogP contribution in [0.1, 0.15) is 39.3 Å². The molecule has 1 aromatic carbocycles. The molecule has 3 nitrogen and oxygen atoms in total. The van der Waals surface area contributed by atoms with Crippen molar-refractivity contribution < 1.29 is 4.79 Å². The molecule has 0 fully saturated rings. The highest BCUT2D eigenvalue weighted by molar-refractivity contribution is 8.00. The summed E-state index contributed by atoms with van der Waals surface area (Å²) in [5.41, 5.74) is 1.07. The molecule has 1 unspecified atom stereocenters. The first-order valence-corrected chi connectivity index (χ1v) is 7.51. The first kappa shape index (κ1) is 16.1. The summed E-state index contributed by atoms with van der Waals surface area (Å²) in [4.78, 5) is 12.9. The smallest absolute Gasteiger partial charge is 0.230 e. The number of rotatable bonds is 5. The molecule has 1 amide bonds. The predicted octanol–water partition coefficient (Wildman–Crippen LogP) is 2.97. The number of carbonyl (C=O) groups is 1. The molecule has 0 aromatic heterocycles. The molecule has 2 N–H and O–H groups in total. The van der Waals surface area contributed by atoms with Gasteiger partial charge in [0.25, 0.3) is 0 Å².